The molecule has 2 N–H and O–H groups in total. The number of hydrogen-bond donors (Lipinski definition) is 2. The number of halogens is 2. The molecule has 4 nitrogen and oxygen atoms in total. The van der Waals surface area contributed by atoms with Crippen molar-refractivity contribution in [2.75, 3.05) is 5.32 Å². The van der Waals surface area contributed by atoms with E-state index in [1.54, 1.807) is 30.3 Å². The smallest absolute Gasteiger partial charge is 0.251 e. The summed E-state index contributed by atoms with van der Waals surface area (Å²) in [5, 5.41) is 5.01. The maximum Gasteiger partial charge on any atom is 0.251 e. The number of amides is 2. The first-order valence-electron chi connectivity index (χ1n) is 6.59. The van der Waals surface area contributed by atoms with Crippen LogP contribution in [0.25, 0.3) is 0 Å². The zero-order valence-electron chi connectivity index (χ0n) is 11.8. The Bertz CT molecular complexity index is 689. The van der Waals surface area contributed by atoms with Gasteiger partial charge in [0.15, 0.2) is 0 Å². The van der Waals surface area contributed by atoms with Crippen molar-refractivity contribution in [1.29, 1.82) is 0 Å². The fourth-order valence-electron chi connectivity index (χ4n) is 1.75. The SMILES string of the molecule is CC(NC(=O)c1ccc(Br)cc1)C(=O)Nc1ccccc1F. The Morgan fingerprint density at radius 3 is 2.36 bits per heavy atom. The van der Waals surface area contributed by atoms with Crippen LogP contribution in [0.2, 0.25) is 0 Å². The van der Waals surface area contributed by atoms with Crippen LogP contribution in [-0.4, -0.2) is 17.9 Å². The zero-order chi connectivity index (χ0) is 16.1. The number of rotatable bonds is 4. The third-order valence-corrected chi connectivity index (χ3v) is 3.51. The lowest BCUT2D eigenvalue weighted by Gasteiger charge is -2.14. The highest BCUT2D eigenvalue weighted by molar-refractivity contribution is 9.10. The molecule has 114 valence electrons. The summed E-state index contributed by atoms with van der Waals surface area (Å²) in [4.78, 5) is 24.0. The van der Waals surface area contributed by atoms with Crippen LogP contribution in [0.5, 0.6) is 0 Å². The molecule has 0 heterocycles. The third-order valence-electron chi connectivity index (χ3n) is 2.98. The predicted molar refractivity (Wildman–Crippen MR) is 86.1 cm³/mol. The molecule has 0 bridgehead atoms. The quantitative estimate of drug-likeness (QED) is 0.873. The molecule has 0 aliphatic carbocycles. The van der Waals surface area contributed by atoms with Crippen LogP contribution in [0.4, 0.5) is 10.1 Å². The molecule has 0 spiro atoms. The Kier molecular flexibility index (Phi) is 5.27. The van der Waals surface area contributed by atoms with Gasteiger partial charge in [-0.1, -0.05) is 28.1 Å². The van der Waals surface area contributed by atoms with Gasteiger partial charge >= 0.3 is 0 Å². The van der Waals surface area contributed by atoms with Gasteiger partial charge in [0.05, 0.1) is 5.69 Å². The number of benzene rings is 2. The summed E-state index contributed by atoms with van der Waals surface area (Å²) >= 11 is 3.28. The van der Waals surface area contributed by atoms with Gasteiger partial charge in [-0.2, -0.15) is 0 Å². The summed E-state index contributed by atoms with van der Waals surface area (Å²) in [6.07, 6.45) is 0. The van der Waals surface area contributed by atoms with E-state index >= 15 is 0 Å². The molecular formula is C16H14BrFN2O2. The molecule has 0 radical (unpaired) electrons. The van der Waals surface area contributed by atoms with Gasteiger partial charge in [-0.3, -0.25) is 9.59 Å². The number of carbonyl (C=O) groups is 2. The van der Waals surface area contributed by atoms with Crippen LogP contribution < -0.4 is 10.6 Å². The summed E-state index contributed by atoms with van der Waals surface area (Å²) in [5.74, 6) is -1.39. The molecule has 0 aliphatic heterocycles. The fourth-order valence-corrected chi connectivity index (χ4v) is 2.01. The van der Waals surface area contributed by atoms with E-state index < -0.39 is 17.8 Å². The Morgan fingerprint density at radius 1 is 1.09 bits per heavy atom. The molecule has 0 aromatic heterocycles. The maximum atomic E-state index is 13.5. The largest absolute Gasteiger partial charge is 0.341 e. The van der Waals surface area contributed by atoms with Crippen LogP contribution in [0.15, 0.2) is 53.0 Å². The molecule has 2 aromatic carbocycles. The molecule has 0 saturated heterocycles. The van der Waals surface area contributed by atoms with Crippen molar-refractivity contribution in [3.63, 3.8) is 0 Å². The average Bonchev–Trinajstić information content (AvgIpc) is 2.50. The van der Waals surface area contributed by atoms with Crippen molar-refractivity contribution in [2.45, 2.75) is 13.0 Å². The Hall–Kier alpha value is -2.21. The number of para-hydroxylation sites is 1. The van der Waals surface area contributed by atoms with E-state index in [9.17, 15) is 14.0 Å². The van der Waals surface area contributed by atoms with Gasteiger partial charge in [0, 0.05) is 10.0 Å². The van der Waals surface area contributed by atoms with Crippen LogP contribution >= 0.6 is 15.9 Å². The lowest BCUT2D eigenvalue weighted by molar-refractivity contribution is -0.117. The standard InChI is InChI=1S/C16H14BrFN2O2/c1-10(15(21)20-14-5-3-2-4-13(14)18)19-16(22)11-6-8-12(17)9-7-11/h2-10H,1H3,(H,19,22)(H,20,21). The van der Waals surface area contributed by atoms with Crippen LogP contribution in [0, 0.1) is 5.82 Å². The highest BCUT2D eigenvalue weighted by atomic mass is 79.9. The van der Waals surface area contributed by atoms with Gasteiger partial charge in [0.1, 0.15) is 11.9 Å². The first kappa shape index (κ1) is 16.2. The lowest BCUT2D eigenvalue weighted by atomic mass is 10.2. The minimum atomic E-state index is -0.796. The second-order valence-corrected chi connectivity index (χ2v) is 5.59. The maximum absolute atomic E-state index is 13.5. The van der Waals surface area contributed by atoms with E-state index in [1.165, 1.54) is 25.1 Å². The highest BCUT2D eigenvalue weighted by Crippen LogP contribution is 2.13. The van der Waals surface area contributed by atoms with E-state index in [-0.39, 0.29) is 11.6 Å². The summed E-state index contributed by atoms with van der Waals surface area (Å²) in [6.45, 7) is 1.53. The molecule has 6 heteroatoms. The van der Waals surface area contributed by atoms with Gasteiger partial charge in [0.25, 0.3) is 5.91 Å². The predicted octanol–water partition coefficient (Wildman–Crippen LogP) is 3.35. The topological polar surface area (TPSA) is 58.2 Å². The van der Waals surface area contributed by atoms with E-state index in [0.29, 0.717) is 5.56 Å². The van der Waals surface area contributed by atoms with Crippen molar-refractivity contribution in [3.8, 4) is 0 Å². The Labute approximate surface area is 135 Å². The normalized spacial score (nSPS) is 11.6. The van der Waals surface area contributed by atoms with Crippen LogP contribution in [0.3, 0.4) is 0 Å². The first-order chi connectivity index (χ1) is 10.5. The van der Waals surface area contributed by atoms with Crippen molar-refractivity contribution in [2.24, 2.45) is 0 Å². The fraction of sp³-hybridized carbons (Fsp3) is 0.125. The number of carbonyl (C=O) groups excluding carboxylic acids is 2. The zero-order valence-corrected chi connectivity index (χ0v) is 13.4. The van der Waals surface area contributed by atoms with Gasteiger partial charge in [-0.15, -0.1) is 0 Å². The number of anilines is 1. The van der Waals surface area contributed by atoms with Crippen molar-refractivity contribution in [1.82, 2.24) is 5.32 Å². The summed E-state index contributed by atoms with van der Waals surface area (Å²) < 4.78 is 14.3. The molecule has 0 fully saturated rings. The second-order valence-electron chi connectivity index (χ2n) is 4.67. The molecular weight excluding hydrogens is 351 g/mol. The highest BCUT2D eigenvalue weighted by Gasteiger charge is 2.17. The summed E-state index contributed by atoms with van der Waals surface area (Å²) in [6, 6.07) is 11.8. The van der Waals surface area contributed by atoms with Crippen LogP contribution in [0.1, 0.15) is 17.3 Å². The number of nitrogens with one attached hydrogen (secondary N) is 2. The van der Waals surface area contributed by atoms with Gasteiger partial charge in [-0.25, -0.2) is 4.39 Å². The monoisotopic (exact) mass is 364 g/mol. The minimum absolute atomic E-state index is 0.0808. The van der Waals surface area contributed by atoms with Gasteiger partial charge in [0.2, 0.25) is 5.91 Å². The lowest BCUT2D eigenvalue weighted by Crippen LogP contribution is -2.41. The van der Waals surface area contributed by atoms with Gasteiger partial charge in [-0.05, 0) is 43.3 Å². The third kappa shape index (κ3) is 4.14. The van der Waals surface area contributed by atoms with Gasteiger partial charge < -0.3 is 10.6 Å². The molecule has 1 unspecified atom stereocenters. The number of hydrogen-bond acceptors (Lipinski definition) is 2. The van der Waals surface area contributed by atoms with E-state index in [1.807, 2.05) is 0 Å². The molecule has 0 saturated carbocycles. The van der Waals surface area contributed by atoms with Crippen molar-refractivity contribution < 1.29 is 14.0 Å². The summed E-state index contributed by atoms with van der Waals surface area (Å²) in [7, 11) is 0. The summed E-state index contributed by atoms with van der Waals surface area (Å²) in [5.41, 5.74) is 0.519. The Balaban J connectivity index is 1.98. The molecule has 0 aliphatic rings. The molecule has 2 aromatic rings. The van der Waals surface area contributed by atoms with E-state index in [0.717, 1.165) is 4.47 Å². The van der Waals surface area contributed by atoms with E-state index in [4.69, 9.17) is 0 Å². The van der Waals surface area contributed by atoms with Crippen molar-refractivity contribution in [3.05, 3.63) is 64.4 Å². The Morgan fingerprint density at radius 2 is 1.73 bits per heavy atom. The van der Waals surface area contributed by atoms with Crippen LogP contribution in [-0.2, 0) is 4.79 Å². The minimum Gasteiger partial charge on any atom is -0.341 e. The van der Waals surface area contributed by atoms with Crippen molar-refractivity contribution >= 4 is 33.4 Å². The molecule has 22 heavy (non-hydrogen) atoms. The first-order valence-corrected chi connectivity index (χ1v) is 7.38. The molecule has 2 amide bonds. The molecule has 1 atom stereocenters. The van der Waals surface area contributed by atoms with E-state index in [2.05, 4.69) is 26.6 Å². The molecule has 2 rings (SSSR count). The average molecular weight is 365 g/mol. The second kappa shape index (κ2) is 7.17.